The van der Waals surface area contributed by atoms with Crippen LogP contribution in [0.25, 0.3) is 0 Å². The molecule has 1 saturated heterocycles. The molecule has 5 heteroatoms. The van der Waals surface area contributed by atoms with Gasteiger partial charge >= 0.3 is 0 Å². The van der Waals surface area contributed by atoms with Gasteiger partial charge in [0.15, 0.2) is 0 Å². The lowest BCUT2D eigenvalue weighted by Crippen LogP contribution is -2.48. The molecule has 1 aromatic rings. The monoisotopic (exact) mass is 234 g/mol. The SMILES string of the molecule is C[C@@H](N)c1ccnc(N2CCN(C)C(=O)C2)c1. The quantitative estimate of drug-likeness (QED) is 0.803. The van der Waals surface area contributed by atoms with Crippen molar-refractivity contribution in [2.24, 2.45) is 5.73 Å². The van der Waals surface area contributed by atoms with Crippen LogP contribution in [0.15, 0.2) is 18.3 Å². The number of likely N-dealkylation sites (N-methyl/N-ethyl adjacent to an activating group) is 1. The lowest BCUT2D eigenvalue weighted by molar-refractivity contribution is -0.129. The number of anilines is 1. The van der Waals surface area contributed by atoms with E-state index in [-0.39, 0.29) is 11.9 Å². The van der Waals surface area contributed by atoms with Crippen LogP contribution in [-0.2, 0) is 4.79 Å². The van der Waals surface area contributed by atoms with Crippen molar-refractivity contribution >= 4 is 11.7 Å². The van der Waals surface area contributed by atoms with Gasteiger partial charge < -0.3 is 15.5 Å². The van der Waals surface area contributed by atoms with Gasteiger partial charge in [-0.3, -0.25) is 4.79 Å². The number of hydrogen-bond donors (Lipinski definition) is 1. The van der Waals surface area contributed by atoms with E-state index >= 15 is 0 Å². The van der Waals surface area contributed by atoms with Crippen LogP contribution < -0.4 is 10.6 Å². The molecule has 1 aliphatic heterocycles. The van der Waals surface area contributed by atoms with Crippen LogP contribution in [0.2, 0.25) is 0 Å². The maximum atomic E-state index is 11.6. The van der Waals surface area contributed by atoms with Crippen molar-refractivity contribution in [2.45, 2.75) is 13.0 Å². The van der Waals surface area contributed by atoms with Crippen LogP contribution in [0.5, 0.6) is 0 Å². The van der Waals surface area contributed by atoms with Crippen molar-refractivity contribution in [3.8, 4) is 0 Å². The zero-order chi connectivity index (χ0) is 12.4. The highest BCUT2D eigenvalue weighted by Crippen LogP contribution is 2.18. The van der Waals surface area contributed by atoms with Crippen LogP contribution in [0.3, 0.4) is 0 Å². The molecule has 0 saturated carbocycles. The zero-order valence-electron chi connectivity index (χ0n) is 10.3. The van der Waals surface area contributed by atoms with Gasteiger partial charge in [0.1, 0.15) is 5.82 Å². The van der Waals surface area contributed by atoms with Crippen molar-refractivity contribution in [1.29, 1.82) is 0 Å². The third-order valence-electron chi connectivity index (χ3n) is 3.08. The first-order valence-electron chi connectivity index (χ1n) is 5.78. The number of aromatic nitrogens is 1. The van der Waals surface area contributed by atoms with Crippen molar-refractivity contribution in [2.75, 3.05) is 31.6 Å². The molecule has 0 aromatic carbocycles. The van der Waals surface area contributed by atoms with Crippen molar-refractivity contribution in [3.63, 3.8) is 0 Å². The van der Waals surface area contributed by atoms with Crippen molar-refractivity contribution in [3.05, 3.63) is 23.9 Å². The predicted octanol–water partition coefficient (Wildman–Crippen LogP) is 0.380. The number of piperazine rings is 1. The Kier molecular flexibility index (Phi) is 3.28. The molecule has 2 N–H and O–H groups in total. The summed E-state index contributed by atoms with van der Waals surface area (Å²) in [4.78, 5) is 19.7. The second-order valence-corrected chi connectivity index (χ2v) is 4.47. The van der Waals surface area contributed by atoms with Crippen LogP contribution in [0.4, 0.5) is 5.82 Å². The van der Waals surface area contributed by atoms with E-state index in [9.17, 15) is 4.79 Å². The van der Waals surface area contributed by atoms with Gasteiger partial charge in [-0.05, 0) is 24.6 Å². The van der Waals surface area contributed by atoms with E-state index in [0.29, 0.717) is 6.54 Å². The molecular formula is C12H18N4O. The highest BCUT2D eigenvalue weighted by Gasteiger charge is 2.22. The van der Waals surface area contributed by atoms with Crippen LogP contribution >= 0.6 is 0 Å². The minimum atomic E-state index is -0.0140. The fraction of sp³-hybridized carbons (Fsp3) is 0.500. The Morgan fingerprint density at radius 2 is 2.24 bits per heavy atom. The molecule has 92 valence electrons. The number of nitrogens with zero attached hydrogens (tertiary/aromatic N) is 3. The largest absolute Gasteiger partial charge is 0.346 e. The number of carbonyl (C=O) groups is 1. The van der Waals surface area contributed by atoms with E-state index < -0.39 is 0 Å². The molecule has 1 atom stereocenters. The molecule has 2 rings (SSSR count). The van der Waals surface area contributed by atoms with Gasteiger partial charge in [-0.15, -0.1) is 0 Å². The van der Waals surface area contributed by atoms with Crippen LogP contribution in [-0.4, -0.2) is 42.5 Å². The highest BCUT2D eigenvalue weighted by molar-refractivity contribution is 5.82. The summed E-state index contributed by atoms with van der Waals surface area (Å²) >= 11 is 0. The molecule has 0 unspecified atom stereocenters. The summed E-state index contributed by atoms with van der Waals surface area (Å²) in [5.74, 6) is 0.963. The number of amides is 1. The van der Waals surface area contributed by atoms with E-state index in [0.717, 1.165) is 24.5 Å². The van der Waals surface area contributed by atoms with Crippen LogP contribution in [0, 0.1) is 0 Å². The number of pyridine rings is 1. The second kappa shape index (κ2) is 4.71. The van der Waals surface area contributed by atoms with Gasteiger partial charge in [0, 0.05) is 32.4 Å². The molecule has 1 fully saturated rings. The maximum Gasteiger partial charge on any atom is 0.241 e. The summed E-state index contributed by atoms with van der Waals surface area (Å²) in [6, 6.07) is 3.86. The lowest BCUT2D eigenvalue weighted by Gasteiger charge is -2.32. The molecule has 1 amide bonds. The summed E-state index contributed by atoms with van der Waals surface area (Å²) < 4.78 is 0. The normalized spacial score (nSPS) is 18.4. The lowest BCUT2D eigenvalue weighted by atomic mass is 10.1. The average molecular weight is 234 g/mol. The fourth-order valence-electron chi connectivity index (χ4n) is 1.84. The summed E-state index contributed by atoms with van der Waals surface area (Å²) in [5, 5.41) is 0. The summed E-state index contributed by atoms with van der Waals surface area (Å²) in [5.41, 5.74) is 6.88. The topological polar surface area (TPSA) is 62.5 Å². The minimum Gasteiger partial charge on any atom is -0.346 e. The Bertz CT molecular complexity index is 419. The molecule has 2 heterocycles. The third kappa shape index (κ3) is 2.55. The molecule has 5 nitrogen and oxygen atoms in total. The number of hydrogen-bond acceptors (Lipinski definition) is 4. The first-order valence-corrected chi connectivity index (χ1v) is 5.78. The molecule has 0 aliphatic carbocycles. The van der Waals surface area contributed by atoms with E-state index in [1.807, 2.05) is 31.0 Å². The summed E-state index contributed by atoms with van der Waals surface area (Å²) in [6.07, 6.45) is 1.75. The highest BCUT2D eigenvalue weighted by atomic mass is 16.2. The molecule has 0 spiro atoms. The summed E-state index contributed by atoms with van der Waals surface area (Å²) in [7, 11) is 1.82. The van der Waals surface area contributed by atoms with Crippen LogP contribution in [0.1, 0.15) is 18.5 Å². The molecule has 1 aliphatic rings. The molecular weight excluding hydrogens is 216 g/mol. The maximum absolute atomic E-state index is 11.6. The van der Waals surface area contributed by atoms with E-state index in [1.165, 1.54) is 0 Å². The average Bonchev–Trinajstić information content (AvgIpc) is 2.33. The Morgan fingerprint density at radius 3 is 2.88 bits per heavy atom. The molecule has 0 radical (unpaired) electrons. The number of nitrogens with two attached hydrogens (primary N) is 1. The summed E-state index contributed by atoms with van der Waals surface area (Å²) in [6.45, 7) is 3.89. The first-order chi connectivity index (χ1) is 8.08. The van der Waals surface area contributed by atoms with Gasteiger partial charge in [-0.2, -0.15) is 0 Å². The van der Waals surface area contributed by atoms with E-state index in [2.05, 4.69) is 4.98 Å². The van der Waals surface area contributed by atoms with Gasteiger partial charge in [0.05, 0.1) is 6.54 Å². The van der Waals surface area contributed by atoms with Gasteiger partial charge in [0.2, 0.25) is 5.91 Å². The Morgan fingerprint density at radius 1 is 1.47 bits per heavy atom. The Balaban J connectivity index is 2.17. The first kappa shape index (κ1) is 11.9. The standard InChI is InChI=1S/C12H18N4O/c1-9(13)10-3-4-14-11(7-10)16-6-5-15(2)12(17)8-16/h3-4,7,9H,5-6,8,13H2,1-2H3/t9-/m1/s1. The van der Waals surface area contributed by atoms with Gasteiger partial charge in [0.25, 0.3) is 0 Å². The zero-order valence-corrected chi connectivity index (χ0v) is 10.3. The fourth-order valence-corrected chi connectivity index (χ4v) is 1.84. The Hall–Kier alpha value is -1.62. The molecule has 0 bridgehead atoms. The molecule has 1 aromatic heterocycles. The molecule has 17 heavy (non-hydrogen) atoms. The van der Waals surface area contributed by atoms with E-state index in [4.69, 9.17) is 5.73 Å². The smallest absolute Gasteiger partial charge is 0.241 e. The second-order valence-electron chi connectivity index (χ2n) is 4.47. The predicted molar refractivity (Wildman–Crippen MR) is 66.7 cm³/mol. The number of carbonyl (C=O) groups excluding carboxylic acids is 1. The Labute approximate surface area is 101 Å². The number of rotatable bonds is 2. The van der Waals surface area contributed by atoms with Gasteiger partial charge in [-0.25, -0.2) is 4.98 Å². The van der Waals surface area contributed by atoms with Crippen molar-refractivity contribution < 1.29 is 4.79 Å². The third-order valence-corrected chi connectivity index (χ3v) is 3.08. The minimum absolute atomic E-state index is 0.0140. The van der Waals surface area contributed by atoms with Gasteiger partial charge in [-0.1, -0.05) is 0 Å². The van der Waals surface area contributed by atoms with Crippen molar-refractivity contribution in [1.82, 2.24) is 9.88 Å². The van der Waals surface area contributed by atoms with E-state index in [1.54, 1.807) is 11.1 Å².